The summed E-state index contributed by atoms with van der Waals surface area (Å²) in [5.41, 5.74) is -0.340. The zero-order chi connectivity index (χ0) is 15.0. The molecule has 1 aromatic rings. The molecule has 19 heavy (non-hydrogen) atoms. The summed E-state index contributed by atoms with van der Waals surface area (Å²) < 4.78 is 1.61. The van der Waals surface area contributed by atoms with Gasteiger partial charge in [0.1, 0.15) is 18.3 Å². The highest BCUT2D eigenvalue weighted by atomic mass is 16.4. The maximum absolute atomic E-state index is 10.5. The molecule has 0 saturated heterocycles. The van der Waals surface area contributed by atoms with Gasteiger partial charge in [-0.3, -0.25) is 4.79 Å². The molecule has 1 aromatic heterocycles. The highest BCUT2D eigenvalue weighted by Crippen LogP contribution is 1.98. The molecule has 6 N–H and O–H groups in total. The van der Waals surface area contributed by atoms with Gasteiger partial charge in [0.25, 0.3) is 0 Å². The standard InChI is InChI=1S/C6H7NO2.C5H12O5/c1-7-3-2-5(8)6(9)4-7;6-1-3(8)5(10)4(9)2-7/h2-4,9H,1H3;3-10H,1-2H2/t;3-,4+,5+. The van der Waals surface area contributed by atoms with Crippen molar-refractivity contribution in [2.75, 3.05) is 13.2 Å². The molecule has 8 heteroatoms. The lowest BCUT2D eigenvalue weighted by molar-refractivity contribution is -0.0900. The van der Waals surface area contributed by atoms with E-state index in [9.17, 15) is 4.79 Å². The molecule has 0 aliphatic carbocycles. The van der Waals surface area contributed by atoms with E-state index in [0.717, 1.165) is 0 Å². The largest absolute Gasteiger partial charge is 0.503 e. The molecule has 0 fully saturated rings. The van der Waals surface area contributed by atoms with Crippen LogP contribution in [0.1, 0.15) is 0 Å². The number of pyridine rings is 1. The number of rotatable bonds is 4. The van der Waals surface area contributed by atoms with Gasteiger partial charge in [-0.05, 0) is 0 Å². The summed E-state index contributed by atoms with van der Waals surface area (Å²) in [5.74, 6) is -0.208. The Labute approximate surface area is 109 Å². The number of aliphatic hydroxyl groups excluding tert-OH is 5. The lowest BCUT2D eigenvalue weighted by atomic mass is 10.1. The molecule has 1 rings (SSSR count). The minimum atomic E-state index is -1.49. The molecule has 0 amide bonds. The third-order valence-electron chi connectivity index (χ3n) is 2.20. The molecule has 1 heterocycles. The number of aryl methyl sites for hydroxylation is 1. The van der Waals surface area contributed by atoms with E-state index in [2.05, 4.69) is 0 Å². The van der Waals surface area contributed by atoms with Crippen LogP contribution in [-0.2, 0) is 7.05 Å². The maximum Gasteiger partial charge on any atom is 0.223 e. The highest BCUT2D eigenvalue weighted by molar-refractivity contribution is 5.14. The third kappa shape index (κ3) is 6.32. The van der Waals surface area contributed by atoms with Crippen LogP contribution in [0, 0.1) is 0 Å². The van der Waals surface area contributed by atoms with Gasteiger partial charge >= 0.3 is 0 Å². The molecule has 0 unspecified atom stereocenters. The molecule has 0 aliphatic heterocycles. The Morgan fingerprint density at radius 1 is 1.16 bits per heavy atom. The summed E-state index contributed by atoms with van der Waals surface area (Å²) in [5, 5.41) is 51.3. The molecular formula is C11H19NO7. The maximum atomic E-state index is 10.5. The van der Waals surface area contributed by atoms with Crippen molar-refractivity contribution >= 4 is 0 Å². The predicted octanol–water partition coefficient (Wildman–Crippen LogP) is -2.86. The van der Waals surface area contributed by atoms with E-state index in [0.29, 0.717) is 0 Å². The molecule has 0 radical (unpaired) electrons. The summed E-state index contributed by atoms with van der Waals surface area (Å²) >= 11 is 0. The van der Waals surface area contributed by atoms with E-state index < -0.39 is 31.5 Å². The van der Waals surface area contributed by atoms with Crippen LogP contribution in [0.25, 0.3) is 0 Å². The Morgan fingerprint density at radius 3 is 1.95 bits per heavy atom. The minimum absolute atomic E-state index is 0.208. The number of hydrogen-bond acceptors (Lipinski definition) is 7. The van der Waals surface area contributed by atoms with Crippen molar-refractivity contribution in [1.82, 2.24) is 4.57 Å². The van der Waals surface area contributed by atoms with Crippen molar-refractivity contribution in [3.8, 4) is 5.75 Å². The summed E-state index contributed by atoms with van der Waals surface area (Å²) in [6.45, 7) is -1.28. The SMILES string of the molecule is Cn1ccc(=O)c(O)c1.OC[C@@H](O)[C@H](O)[C@@H](O)CO. The Morgan fingerprint density at radius 2 is 1.63 bits per heavy atom. The van der Waals surface area contributed by atoms with Gasteiger partial charge in [-0.1, -0.05) is 0 Å². The fourth-order valence-electron chi connectivity index (χ4n) is 1.04. The lowest BCUT2D eigenvalue weighted by Gasteiger charge is -2.19. The van der Waals surface area contributed by atoms with E-state index in [1.54, 1.807) is 17.8 Å². The summed E-state index contributed by atoms with van der Waals surface area (Å²) in [4.78, 5) is 10.5. The summed E-state index contributed by atoms with van der Waals surface area (Å²) in [6.07, 6.45) is -1.34. The Hall–Kier alpha value is -1.45. The van der Waals surface area contributed by atoms with Crippen LogP contribution in [0.4, 0.5) is 0 Å². The molecule has 8 nitrogen and oxygen atoms in total. The van der Waals surface area contributed by atoms with Crippen LogP contribution in [0.3, 0.4) is 0 Å². The van der Waals surface area contributed by atoms with Crippen LogP contribution < -0.4 is 5.43 Å². The first-order valence-electron chi connectivity index (χ1n) is 5.44. The molecule has 0 spiro atoms. The Kier molecular flexibility index (Phi) is 7.96. The second-order valence-electron chi connectivity index (χ2n) is 3.85. The predicted molar refractivity (Wildman–Crippen MR) is 65.5 cm³/mol. The topological polar surface area (TPSA) is 143 Å². The number of aromatic nitrogens is 1. The van der Waals surface area contributed by atoms with E-state index in [4.69, 9.17) is 30.6 Å². The van der Waals surface area contributed by atoms with Gasteiger partial charge in [0.2, 0.25) is 5.43 Å². The van der Waals surface area contributed by atoms with Gasteiger partial charge in [-0.25, -0.2) is 0 Å². The van der Waals surface area contributed by atoms with Crippen molar-refractivity contribution in [2.24, 2.45) is 7.05 Å². The second-order valence-corrected chi connectivity index (χ2v) is 3.85. The Bertz CT molecular complexity index is 410. The lowest BCUT2D eigenvalue weighted by Crippen LogP contribution is -2.41. The van der Waals surface area contributed by atoms with Gasteiger partial charge in [0.05, 0.1) is 13.2 Å². The van der Waals surface area contributed by atoms with E-state index in [1.165, 1.54) is 12.3 Å². The van der Waals surface area contributed by atoms with Crippen LogP contribution in [0.5, 0.6) is 5.75 Å². The fourth-order valence-corrected chi connectivity index (χ4v) is 1.04. The fraction of sp³-hybridized carbons (Fsp3) is 0.545. The Balaban J connectivity index is 0.000000342. The van der Waals surface area contributed by atoms with E-state index >= 15 is 0 Å². The second kappa shape index (κ2) is 8.62. The zero-order valence-corrected chi connectivity index (χ0v) is 10.4. The smallest absolute Gasteiger partial charge is 0.223 e. The van der Waals surface area contributed by atoms with Crippen LogP contribution >= 0.6 is 0 Å². The average Bonchev–Trinajstić information content (AvgIpc) is 2.41. The monoisotopic (exact) mass is 277 g/mol. The molecule has 0 bridgehead atoms. The minimum Gasteiger partial charge on any atom is -0.503 e. The van der Waals surface area contributed by atoms with Gasteiger partial charge in [-0.2, -0.15) is 0 Å². The number of aromatic hydroxyl groups is 1. The highest BCUT2D eigenvalue weighted by Gasteiger charge is 2.22. The molecule has 0 aromatic carbocycles. The number of aliphatic hydroxyl groups is 5. The van der Waals surface area contributed by atoms with Crippen molar-refractivity contribution < 1.29 is 30.6 Å². The van der Waals surface area contributed by atoms with Gasteiger partial charge in [-0.15, -0.1) is 0 Å². The molecule has 110 valence electrons. The van der Waals surface area contributed by atoms with Crippen LogP contribution in [0.2, 0.25) is 0 Å². The van der Waals surface area contributed by atoms with Crippen molar-refractivity contribution in [3.05, 3.63) is 28.7 Å². The molecule has 0 aliphatic rings. The van der Waals surface area contributed by atoms with Gasteiger partial charge < -0.3 is 35.2 Å². The summed E-state index contributed by atoms with van der Waals surface area (Å²) in [6, 6.07) is 1.31. The first-order valence-corrected chi connectivity index (χ1v) is 5.44. The van der Waals surface area contributed by atoms with Crippen molar-refractivity contribution in [2.45, 2.75) is 18.3 Å². The molecule has 3 atom stereocenters. The average molecular weight is 277 g/mol. The zero-order valence-electron chi connectivity index (χ0n) is 10.4. The van der Waals surface area contributed by atoms with E-state index in [-0.39, 0.29) is 11.2 Å². The quantitative estimate of drug-likeness (QED) is 0.347. The van der Waals surface area contributed by atoms with Crippen molar-refractivity contribution in [3.63, 3.8) is 0 Å². The van der Waals surface area contributed by atoms with Crippen LogP contribution in [0.15, 0.2) is 23.3 Å². The number of nitrogens with zero attached hydrogens (tertiary/aromatic N) is 1. The van der Waals surface area contributed by atoms with Crippen molar-refractivity contribution in [1.29, 1.82) is 0 Å². The number of hydrogen-bond donors (Lipinski definition) is 6. The first kappa shape index (κ1) is 17.6. The van der Waals surface area contributed by atoms with Gasteiger partial charge in [0, 0.05) is 25.5 Å². The van der Waals surface area contributed by atoms with Crippen LogP contribution in [-0.4, -0.2) is 66.7 Å². The van der Waals surface area contributed by atoms with E-state index in [1.807, 2.05) is 0 Å². The molecule has 0 saturated carbocycles. The third-order valence-corrected chi connectivity index (χ3v) is 2.20. The van der Waals surface area contributed by atoms with Gasteiger partial charge in [0.15, 0.2) is 5.75 Å². The molecular weight excluding hydrogens is 258 g/mol. The summed E-state index contributed by atoms with van der Waals surface area (Å²) in [7, 11) is 1.74. The normalized spacial score (nSPS) is 15.1. The first-order chi connectivity index (χ1) is 8.83.